The molecule has 1 aromatic carbocycles. The van der Waals surface area contributed by atoms with Crippen LogP contribution in [0.5, 0.6) is 5.75 Å². The van der Waals surface area contributed by atoms with Crippen LogP contribution in [0, 0.1) is 12.7 Å². The Hall–Kier alpha value is -1.30. The summed E-state index contributed by atoms with van der Waals surface area (Å²) in [6, 6.07) is 2.14. The predicted octanol–water partition coefficient (Wildman–Crippen LogP) is 2.74. The van der Waals surface area contributed by atoms with Gasteiger partial charge in [-0.05, 0) is 24.6 Å². The van der Waals surface area contributed by atoms with Crippen molar-refractivity contribution in [3.8, 4) is 5.75 Å². The highest BCUT2D eigenvalue weighted by molar-refractivity contribution is 5.40. The van der Waals surface area contributed by atoms with Crippen molar-refractivity contribution in [2.24, 2.45) is 0 Å². The second kappa shape index (κ2) is 4.29. The molecule has 90 valence electrons. The lowest BCUT2D eigenvalue weighted by Gasteiger charge is -2.18. The largest absolute Gasteiger partial charge is 0.496 e. The second-order valence-corrected chi connectivity index (χ2v) is 3.31. The van der Waals surface area contributed by atoms with Crippen LogP contribution < -0.4 is 4.74 Å². The van der Waals surface area contributed by atoms with Gasteiger partial charge in [-0.2, -0.15) is 13.2 Å². The Balaban J connectivity index is 3.32. The first-order valence-corrected chi connectivity index (χ1v) is 4.36. The summed E-state index contributed by atoms with van der Waals surface area (Å²) in [6.07, 6.45) is -7.81. The Morgan fingerprint density at radius 3 is 2.31 bits per heavy atom. The molecule has 1 N–H and O–H groups in total. The molecule has 0 aliphatic carbocycles. The van der Waals surface area contributed by atoms with Crippen molar-refractivity contribution in [1.29, 1.82) is 0 Å². The van der Waals surface area contributed by atoms with Gasteiger partial charge in [0.25, 0.3) is 0 Å². The number of rotatable bonds is 2. The normalized spacial score (nSPS) is 13.7. The van der Waals surface area contributed by atoms with Crippen LogP contribution in [0.15, 0.2) is 12.1 Å². The Labute approximate surface area is 89.5 Å². The van der Waals surface area contributed by atoms with Crippen molar-refractivity contribution in [3.63, 3.8) is 0 Å². The lowest BCUT2D eigenvalue weighted by molar-refractivity contribution is -0.207. The van der Waals surface area contributed by atoms with Gasteiger partial charge in [0.2, 0.25) is 0 Å². The summed E-state index contributed by atoms with van der Waals surface area (Å²) < 4.78 is 54.7. The molecule has 1 atom stereocenters. The van der Waals surface area contributed by atoms with E-state index in [1.165, 1.54) is 13.0 Å². The monoisotopic (exact) mass is 238 g/mol. The fourth-order valence-electron chi connectivity index (χ4n) is 1.32. The van der Waals surface area contributed by atoms with Crippen molar-refractivity contribution in [2.45, 2.75) is 19.2 Å². The van der Waals surface area contributed by atoms with E-state index in [2.05, 4.69) is 4.74 Å². The summed E-state index contributed by atoms with van der Waals surface area (Å²) in [6.45, 7) is 1.51. The third kappa shape index (κ3) is 2.44. The van der Waals surface area contributed by atoms with E-state index in [4.69, 9.17) is 5.11 Å². The molecule has 0 saturated carbocycles. The molecule has 0 bridgehead atoms. The molecule has 16 heavy (non-hydrogen) atoms. The average Bonchev–Trinajstić information content (AvgIpc) is 2.14. The number of alkyl halides is 3. The van der Waals surface area contributed by atoms with Crippen LogP contribution in [0.2, 0.25) is 0 Å². The summed E-state index contributed by atoms with van der Waals surface area (Å²) in [5.41, 5.74) is -0.479. The van der Waals surface area contributed by atoms with Gasteiger partial charge in [-0.1, -0.05) is 0 Å². The fourth-order valence-corrected chi connectivity index (χ4v) is 1.32. The second-order valence-electron chi connectivity index (χ2n) is 3.31. The standard InChI is InChI=1S/C10H10F4O2/c1-5-3-6(11)8(7(4-5)16-2)9(15)10(12,13)14/h3-4,9,15H,1-2H3/t9-/m0/s1. The van der Waals surface area contributed by atoms with Crippen LogP contribution in [0.3, 0.4) is 0 Å². The average molecular weight is 238 g/mol. The number of aliphatic hydroxyl groups is 1. The van der Waals surface area contributed by atoms with Gasteiger partial charge in [0.05, 0.1) is 12.7 Å². The van der Waals surface area contributed by atoms with Crippen LogP contribution >= 0.6 is 0 Å². The van der Waals surface area contributed by atoms with Gasteiger partial charge in [0, 0.05) is 0 Å². The molecular weight excluding hydrogens is 228 g/mol. The molecule has 0 saturated heterocycles. The van der Waals surface area contributed by atoms with Gasteiger partial charge in [0.1, 0.15) is 11.6 Å². The minimum absolute atomic E-state index is 0.317. The molecule has 0 radical (unpaired) electrons. The predicted molar refractivity (Wildman–Crippen MR) is 48.7 cm³/mol. The lowest BCUT2D eigenvalue weighted by Crippen LogP contribution is -2.22. The Morgan fingerprint density at radius 2 is 1.88 bits per heavy atom. The quantitative estimate of drug-likeness (QED) is 0.803. The molecule has 0 aromatic heterocycles. The summed E-state index contributed by atoms with van der Waals surface area (Å²) >= 11 is 0. The summed E-state index contributed by atoms with van der Waals surface area (Å²) in [4.78, 5) is 0. The molecule has 0 unspecified atom stereocenters. The Kier molecular flexibility index (Phi) is 3.42. The third-order valence-electron chi connectivity index (χ3n) is 2.04. The van der Waals surface area contributed by atoms with E-state index in [0.29, 0.717) is 5.56 Å². The molecular formula is C10H10F4O2. The Bertz CT molecular complexity index is 387. The van der Waals surface area contributed by atoms with E-state index < -0.39 is 23.7 Å². The van der Waals surface area contributed by atoms with Crippen LogP contribution in [0.4, 0.5) is 17.6 Å². The van der Waals surface area contributed by atoms with Crippen LogP contribution in [-0.4, -0.2) is 18.4 Å². The first-order chi connectivity index (χ1) is 7.27. The number of aliphatic hydroxyl groups excluding tert-OH is 1. The van der Waals surface area contributed by atoms with Crippen molar-refractivity contribution in [1.82, 2.24) is 0 Å². The molecule has 0 spiro atoms. The molecule has 6 heteroatoms. The zero-order valence-electron chi connectivity index (χ0n) is 8.60. The molecule has 1 rings (SSSR count). The SMILES string of the molecule is COc1cc(C)cc(F)c1[C@H](O)C(F)(F)F. The van der Waals surface area contributed by atoms with Crippen LogP contribution in [0.1, 0.15) is 17.2 Å². The molecule has 0 amide bonds. The topological polar surface area (TPSA) is 29.5 Å². The third-order valence-corrected chi connectivity index (χ3v) is 2.04. The van der Waals surface area contributed by atoms with Gasteiger partial charge < -0.3 is 9.84 Å². The number of methoxy groups -OCH3 is 1. The molecule has 0 heterocycles. The van der Waals surface area contributed by atoms with Gasteiger partial charge in [-0.3, -0.25) is 0 Å². The van der Waals surface area contributed by atoms with E-state index in [1.807, 2.05) is 0 Å². The van der Waals surface area contributed by atoms with Crippen molar-refractivity contribution < 1.29 is 27.4 Å². The lowest BCUT2D eigenvalue weighted by atomic mass is 10.0. The van der Waals surface area contributed by atoms with E-state index in [1.54, 1.807) is 0 Å². The van der Waals surface area contributed by atoms with Gasteiger partial charge in [-0.25, -0.2) is 4.39 Å². The zero-order valence-corrected chi connectivity index (χ0v) is 8.60. The van der Waals surface area contributed by atoms with Crippen LogP contribution in [0.25, 0.3) is 0 Å². The molecule has 1 aromatic rings. The molecule has 2 nitrogen and oxygen atoms in total. The van der Waals surface area contributed by atoms with E-state index in [9.17, 15) is 17.6 Å². The highest BCUT2D eigenvalue weighted by Gasteiger charge is 2.42. The van der Waals surface area contributed by atoms with Crippen molar-refractivity contribution in [3.05, 3.63) is 29.1 Å². The van der Waals surface area contributed by atoms with Crippen LogP contribution in [-0.2, 0) is 0 Å². The van der Waals surface area contributed by atoms with E-state index >= 15 is 0 Å². The number of halogens is 4. The van der Waals surface area contributed by atoms with Gasteiger partial charge in [-0.15, -0.1) is 0 Å². The molecule has 0 fully saturated rings. The maximum atomic E-state index is 13.3. The van der Waals surface area contributed by atoms with Gasteiger partial charge in [0.15, 0.2) is 6.10 Å². The number of benzene rings is 1. The van der Waals surface area contributed by atoms with Crippen molar-refractivity contribution >= 4 is 0 Å². The van der Waals surface area contributed by atoms with Gasteiger partial charge >= 0.3 is 6.18 Å². The molecule has 0 aliphatic rings. The van der Waals surface area contributed by atoms with E-state index in [-0.39, 0.29) is 5.75 Å². The first kappa shape index (κ1) is 12.8. The minimum atomic E-state index is -4.93. The fraction of sp³-hybridized carbons (Fsp3) is 0.400. The maximum absolute atomic E-state index is 13.3. The summed E-state index contributed by atoms with van der Waals surface area (Å²) in [5.74, 6) is -1.45. The first-order valence-electron chi connectivity index (χ1n) is 4.36. The number of hydrogen-bond acceptors (Lipinski definition) is 2. The summed E-state index contributed by atoms with van der Waals surface area (Å²) in [7, 11) is 1.11. The maximum Gasteiger partial charge on any atom is 0.418 e. The van der Waals surface area contributed by atoms with Crippen molar-refractivity contribution in [2.75, 3.05) is 7.11 Å². The number of hydrogen-bond donors (Lipinski definition) is 1. The number of aryl methyl sites for hydroxylation is 1. The number of ether oxygens (including phenoxy) is 1. The van der Waals surface area contributed by atoms with E-state index in [0.717, 1.165) is 13.2 Å². The zero-order chi connectivity index (χ0) is 12.5. The smallest absolute Gasteiger partial charge is 0.418 e. The summed E-state index contributed by atoms with van der Waals surface area (Å²) in [5, 5.41) is 9.00. The Morgan fingerprint density at radius 1 is 1.31 bits per heavy atom. The minimum Gasteiger partial charge on any atom is -0.496 e. The highest BCUT2D eigenvalue weighted by atomic mass is 19.4. The highest BCUT2D eigenvalue weighted by Crippen LogP contribution is 2.38. The molecule has 0 aliphatic heterocycles.